The predicted molar refractivity (Wildman–Crippen MR) is 137 cm³/mol. The summed E-state index contributed by atoms with van der Waals surface area (Å²) in [7, 11) is 12.5. The first kappa shape index (κ1) is 29.2. The lowest BCUT2D eigenvalue weighted by Crippen LogP contribution is -2.61. The molecule has 34 heavy (non-hydrogen) atoms. The minimum absolute atomic E-state index is 0.104. The SMILES string of the molecule is [B]N1C(C)(C)CC(OC(=O)CCCCCCC(=O)OC2CC(C)(C)N([B])C(C)(C)C2)CC1(C)C. The van der Waals surface area contributed by atoms with Gasteiger partial charge in [-0.2, -0.15) is 0 Å². The molecular formula is C26H46B2N2O4. The van der Waals surface area contributed by atoms with E-state index in [-0.39, 0.29) is 46.3 Å². The second kappa shape index (κ2) is 10.9. The topological polar surface area (TPSA) is 59.1 Å². The molecule has 4 radical (unpaired) electrons. The van der Waals surface area contributed by atoms with Gasteiger partial charge in [0.15, 0.2) is 16.0 Å². The van der Waals surface area contributed by atoms with Crippen molar-refractivity contribution in [3.8, 4) is 0 Å². The van der Waals surface area contributed by atoms with Crippen LogP contribution in [-0.4, -0.2) is 71.9 Å². The molecule has 0 aromatic carbocycles. The highest BCUT2D eigenvalue weighted by atomic mass is 16.5. The lowest BCUT2D eigenvalue weighted by molar-refractivity contribution is -0.157. The van der Waals surface area contributed by atoms with Crippen LogP contribution in [0.25, 0.3) is 0 Å². The van der Waals surface area contributed by atoms with Gasteiger partial charge < -0.3 is 19.1 Å². The van der Waals surface area contributed by atoms with E-state index in [0.29, 0.717) is 12.8 Å². The van der Waals surface area contributed by atoms with Gasteiger partial charge in [0.05, 0.1) is 0 Å². The molecule has 0 aliphatic carbocycles. The number of piperidine rings is 2. The molecule has 2 aliphatic heterocycles. The van der Waals surface area contributed by atoms with Crippen molar-refractivity contribution in [1.29, 1.82) is 0 Å². The van der Waals surface area contributed by atoms with Gasteiger partial charge in [0, 0.05) is 60.7 Å². The zero-order valence-electron chi connectivity index (χ0n) is 22.9. The smallest absolute Gasteiger partial charge is 0.306 e. The number of esters is 2. The van der Waals surface area contributed by atoms with Crippen LogP contribution >= 0.6 is 0 Å². The van der Waals surface area contributed by atoms with E-state index in [4.69, 9.17) is 25.4 Å². The third kappa shape index (κ3) is 7.74. The number of carbonyl (C=O) groups is 2. The van der Waals surface area contributed by atoms with Gasteiger partial charge in [0.25, 0.3) is 0 Å². The van der Waals surface area contributed by atoms with Crippen LogP contribution < -0.4 is 0 Å². The van der Waals surface area contributed by atoms with E-state index in [1.807, 2.05) is 9.62 Å². The molecule has 8 heteroatoms. The summed E-state index contributed by atoms with van der Waals surface area (Å²) < 4.78 is 11.5. The highest BCUT2D eigenvalue weighted by Gasteiger charge is 2.44. The fraction of sp³-hybridized carbons (Fsp3) is 0.923. The summed E-state index contributed by atoms with van der Waals surface area (Å²) in [4.78, 5) is 28.5. The van der Waals surface area contributed by atoms with Crippen LogP contribution in [0, 0.1) is 0 Å². The first-order chi connectivity index (χ1) is 15.5. The Hall–Kier alpha value is -1.01. The highest BCUT2D eigenvalue weighted by Crippen LogP contribution is 2.39. The second-order valence-corrected chi connectivity index (χ2v) is 12.9. The van der Waals surface area contributed by atoms with Crippen molar-refractivity contribution >= 4 is 27.9 Å². The summed E-state index contributed by atoms with van der Waals surface area (Å²) in [5.41, 5.74) is -0.857. The molecule has 0 bridgehead atoms. The average molecular weight is 472 g/mol. The maximum Gasteiger partial charge on any atom is 0.306 e. The first-order valence-corrected chi connectivity index (χ1v) is 13.0. The number of carbonyl (C=O) groups excluding carboxylic acids is 2. The Morgan fingerprint density at radius 3 is 1.15 bits per heavy atom. The van der Waals surface area contributed by atoms with Crippen LogP contribution in [0.5, 0.6) is 0 Å². The van der Waals surface area contributed by atoms with Crippen molar-refractivity contribution in [3.05, 3.63) is 0 Å². The number of hydrogen-bond donors (Lipinski definition) is 0. The van der Waals surface area contributed by atoms with Gasteiger partial charge in [-0.1, -0.05) is 12.8 Å². The Balaban J connectivity index is 1.62. The van der Waals surface area contributed by atoms with Gasteiger partial charge in [-0.3, -0.25) is 9.59 Å². The quantitative estimate of drug-likeness (QED) is 0.277. The van der Waals surface area contributed by atoms with Gasteiger partial charge >= 0.3 is 11.9 Å². The number of nitrogens with zero attached hydrogens (tertiary/aromatic N) is 2. The molecule has 2 heterocycles. The minimum atomic E-state index is -0.214. The molecule has 6 nitrogen and oxygen atoms in total. The largest absolute Gasteiger partial charge is 0.462 e. The molecule has 0 amide bonds. The summed E-state index contributed by atoms with van der Waals surface area (Å²) >= 11 is 0. The number of rotatable bonds is 9. The Morgan fingerprint density at radius 1 is 0.618 bits per heavy atom. The lowest BCUT2D eigenvalue weighted by atomic mass is 9.75. The Morgan fingerprint density at radius 2 is 0.882 bits per heavy atom. The van der Waals surface area contributed by atoms with Crippen molar-refractivity contribution in [3.63, 3.8) is 0 Å². The predicted octanol–water partition coefficient (Wildman–Crippen LogP) is 4.62. The maximum absolute atomic E-state index is 12.4. The summed E-state index contributed by atoms with van der Waals surface area (Å²) in [6.07, 6.45) is 6.89. The zero-order valence-corrected chi connectivity index (χ0v) is 22.9. The van der Waals surface area contributed by atoms with Crippen LogP contribution in [0.2, 0.25) is 0 Å². The maximum atomic E-state index is 12.4. The van der Waals surface area contributed by atoms with Crippen LogP contribution in [0.4, 0.5) is 0 Å². The van der Waals surface area contributed by atoms with Gasteiger partial charge in [-0.15, -0.1) is 0 Å². The van der Waals surface area contributed by atoms with Gasteiger partial charge in [0.1, 0.15) is 12.2 Å². The zero-order chi connectivity index (χ0) is 25.9. The number of unbranched alkanes of at least 4 members (excludes halogenated alkanes) is 3. The van der Waals surface area contributed by atoms with Crippen LogP contribution in [-0.2, 0) is 19.1 Å². The van der Waals surface area contributed by atoms with Crippen molar-refractivity contribution in [1.82, 2.24) is 9.62 Å². The Bertz CT molecular complexity index is 628. The monoisotopic (exact) mass is 472 g/mol. The van der Waals surface area contributed by atoms with Crippen LogP contribution in [0.1, 0.15) is 120 Å². The highest BCUT2D eigenvalue weighted by molar-refractivity contribution is 6.05. The summed E-state index contributed by atoms with van der Waals surface area (Å²) in [6, 6.07) is 0. The van der Waals surface area contributed by atoms with E-state index < -0.39 is 0 Å². The fourth-order valence-corrected chi connectivity index (χ4v) is 5.95. The third-order valence-electron chi connectivity index (χ3n) is 7.63. The molecule has 0 aromatic rings. The minimum Gasteiger partial charge on any atom is -0.462 e. The van der Waals surface area contributed by atoms with E-state index in [1.54, 1.807) is 0 Å². The molecule has 0 unspecified atom stereocenters. The molecule has 2 saturated heterocycles. The molecule has 2 rings (SSSR count). The molecule has 0 saturated carbocycles. The molecule has 2 aliphatic rings. The van der Waals surface area contributed by atoms with E-state index in [2.05, 4.69) is 55.4 Å². The van der Waals surface area contributed by atoms with E-state index in [9.17, 15) is 9.59 Å². The van der Waals surface area contributed by atoms with Crippen molar-refractivity contribution in [2.45, 2.75) is 154 Å². The Labute approximate surface area is 210 Å². The first-order valence-electron chi connectivity index (χ1n) is 13.0. The van der Waals surface area contributed by atoms with E-state index >= 15 is 0 Å². The van der Waals surface area contributed by atoms with Gasteiger partial charge in [0.2, 0.25) is 0 Å². The summed E-state index contributed by atoms with van der Waals surface area (Å²) in [5, 5.41) is 0. The molecule has 0 atom stereocenters. The molecule has 0 spiro atoms. The van der Waals surface area contributed by atoms with Crippen molar-refractivity contribution in [2.24, 2.45) is 0 Å². The summed E-state index contributed by atoms with van der Waals surface area (Å²) in [6.45, 7) is 16.7. The molecular weight excluding hydrogens is 426 g/mol. The average Bonchev–Trinajstić information content (AvgIpc) is 2.66. The van der Waals surface area contributed by atoms with Crippen molar-refractivity contribution in [2.75, 3.05) is 0 Å². The fourth-order valence-electron chi connectivity index (χ4n) is 5.95. The molecule has 190 valence electrons. The summed E-state index contributed by atoms with van der Waals surface area (Å²) in [5.74, 6) is -0.282. The number of hydrogen-bond acceptors (Lipinski definition) is 6. The Kier molecular flexibility index (Phi) is 9.40. The van der Waals surface area contributed by atoms with Crippen LogP contribution in [0.15, 0.2) is 0 Å². The normalized spacial score (nSPS) is 25.1. The van der Waals surface area contributed by atoms with E-state index in [1.165, 1.54) is 0 Å². The number of ether oxygens (including phenoxy) is 2. The van der Waals surface area contributed by atoms with Crippen molar-refractivity contribution < 1.29 is 19.1 Å². The third-order valence-corrected chi connectivity index (χ3v) is 7.63. The lowest BCUT2D eigenvalue weighted by Gasteiger charge is -2.54. The second-order valence-electron chi connectivity index (χ2n) is 12.9. The standard InChI is InChI=1S/C26H46B2N2O4/c1-23(2)15-19(16-24(3,4)29(23)27)33-21(31)13-11-9-10-12-14-22(32)34-20-17-25(5,6)30(28)26(7,8)18-20/h19-20H,9-18H2,1-8H3. The molecule has 0 aromatic heterocycles. The molecule has 0 N–H and O–H groups in total. The molecule has 2 fully saturated rings. The van der Waals surface area contributed by atoms with Gasteiger partial charge in [-0.25, -0.2) is 0 Å². The van der Waals surface area contributed by atoms with Gasteiger partial charge in [-0.05, 0) is 68.2 Å². The van der Waals surface area contributed by atoms with Crippen LogP contribution in [0.3, 0.4) is 0 Å². The van der Waals surface area contributed by atoms with E-state index in [0.717, 1.165) is 51.4 Å².